The van der Waals surface area contributed by atoms with Gasteiger partial charge in [0, 0.05) is 43.5 Å². The first kappa shape index (κ1) is 25.0. The van der Waals surface area contributed by atoms with E-state index in [-0.39, 0.29) is 38.3 Å². The first-order valence-corrected chi connectivity index (χ1v) is 13.8. The van der Waals surface area contributed by atoms with Crippen LogP contribution >= 0.6 is 20.7 Å². The van der Waals surface area contributed by atoms with Crippen LogP contribution in [-0.4, -0.2) is 52.1 Å². The monoisotopic (exact) mass is 563 g/mol. The number of likely N-dealkylation sites (tertiary alicyclic amines) is 1. The van der Waals surface area contributed by atoms with Crippen molar-refractivity contribution in [1.82, 2.24) is 15.2 Å². The van der Waals surface area contributed by atoms with Gasteiger partial charge in [-0.15, -0.1) is 0 Å². The molecule has 0 aliphatic carbocycles. The van der Waals surface area contributed by atoms with Crippen molar-refractivity contribution in [3.63, 3.8) is 0 Å². The average Bonchev–Trinajstić information content (AvgIpc) is 3.23. The quantitative estimate of drug-likeness (QED) is 0.154. The number of nitrogens with zero attached hydrogens (tertiary/aromatic N) is 2. The molecule has 3 rings (SSSR count). The molecular formula is C25H30IN3O4. The van der Waals surface area contributed by atoms with E-state index in [0.717, 1.165) is 54.5 Å². The van der Waals surface area contributed by atoms with Gasteiger partial charge in [-0.25, -0.2) is 0 Å². The third-order valence-electron chi connectivity index (χ3n) is 5.85. The van der Waals surface area contributed by atoms with E-state index < -0.39 is 0 Å². The normalized spacial score (nSPS) is 14.5. The Hall–Kier alpha value is -2.62. The summed E-state index contributed by atoms with van der Waals surface area (Å²) in [6.45, 7) is 3.80. The summed E-state index contributed by atoms with van der Waals surface area (Å²) < 4.78 is 10.2. The van der Waals surface area contributed by atoms with Gasteiger partial charge in [-0.1, -0.05) is 44.2 Å². The van der Waals surface area contributed by atoms with E-state index in [4.69, 9.17) is 4.42 Å². The number of unbranched alkanes of at least 4 members (excludes halogenated alkanes) is 1. The van der Waals surface area contributed by atoms with Gasteiger partial charge in [-0.2, -0.15) is 0 Å². The molecule has 33 heavy (non-hydrogen) atoms. The van der Waals surface area contributed by atoms with Gasteiger partial charge in [0.15, 0.2) is 12.0 Å². The van der Waals surface area contributed by atoms with E-state index in [9.17, 15) is 14.4 Å². The zero-order valence-corrected chi connectivity index (χ0v) is 21.0. The summed E-state index contributed by atoms with van der Waals surface area (Å²) in [7, 11) is 0. The number of aromatic nitrogens is 1. The number of furan rings is 1. The zero-order chi connectivity index (χ0) is 23.6. The standard InChI is InChI=1S/C25H30IN3O4/c1-18-22(16-21(17-30)33-18)25(32)29-14-10-19(11-15-29)6-3-4-12-27-23(31)9-8-20-7-5-13-28-24(20)26-2/h5,7-9,13,16-17,19H,2-4,6,10-12,14-15H2,1H3,(H,27,31)/b9-8+. The van der Waals surface area contributed by atoms with Gasteiger partial charge in [0.05, 0.1) is 5.56 Å². The zero-order valence-electron chi connectivity index (χ0n) is 18.9. The smallest absolute Gasteiger partial charge is 0.257 e. The molecule has 0 atom stereocenters. The fraction of sp³-hybridized carbons (Fsp3) is 0.400. The number of amides is 2. The number of pyridine rings is 1. The number of carbonyl (C=O) groups excluding carboxylic acids is 3. The molecule has 1 saturated heterocycles. The molecule has 0 spiro atoms. The van der Waals surface area contributed by atoms with Gasteiger partial charge in [-0.3, -0.25) is 19.4 Å². The van der Waals surface area contributed by atoms with Crippen LogP contribution < -0.4 is 5.32 Å². The third kappa shape index (κ3) is 7.18. The summed E-state index contributed by atoms with van der Waals surface area (Å²) in [4.78, 5) is 41.8. The second kappa shape index (κ2) is 12.6. The molecule has 1 N–H and O–H groups in total. The Morgan fingerprint density at radius 1 is 1.33 bits per heavy atom. The lowest BCUT2D eigenvalue weighted by Gasteiger charge is -2.32. The molecule has 0 bridgehead atoms. The Labute approximate surface area is 204 Å². The van der Waals surface area contributed by atoms with Gasteiger partial charge in [0.25, 0.3) is 5.91 Å². The lowest BCUT2D eigenvalue weighted by Crippen LogP contribution is -2.38. The molecule has 1 aliphatic heterocycles. The summed E-state index contributed by atoms with van der Waals surface area (Å²) >= 11 is -0.371. The van der Waals surface area contributed by atoms with Crippen molar-refractivity contribution in [2.45, 2.75) is 39.0 Å². The molecule has 2 aromatic rings. The summed E-state index contributed by atoms with van der Waals surface area (Å²) in [5.41, 5.74) is 1.44. The highest BCUT2D eigenvalue weighted by Crippen LogP contribution is 2.25. The van der Waals surface area contributed by atoms with Crippen LogP contribution in [0.3, 0.4) is 0 Å². The highest BCUT2D eigenvalue weighted by Gasteiger charge is 2.26. The Kier molecular flexibility index (Phi) is 9.53. The van der Waals surface area contributed by atoms with Crippen molar-refractivity contribution in [3.05, 3.63) is 56.8 Å². The number of piperidine rings is 1. The maximum absolute atomic E-state index is 12.7. The summed E-state index contributed by atoms with van der Waals surface area (Å²) in [5, 5.41) is 2.94. The van der Waals surface area contributed by atoms with E-state index in [2.05, 4.69) is 14.8 Å². The van der Waals surface area contributed by atoms with Gasteiger partial charge in [-0.05, 0) is 44.2 Å². The number of hydrogen-bond acceptors (Lipinski definition) is 5. The maximum atomic E-state index is 12.7. The fourth-order valence-corrected chi connectivity index (χ4v) is 5.16. The number of aldehydes is 1. The topological polar surface area (TPSA) is 92.5 Å². The van der Waals surface area contributed by atoms with E-state index in [0.29, 0.717) is 30.1 Å². The number of aryl methyl sites for hydroxylation is 1. The maximum Gasteiger partial charge on any atom is 0.257 e. The summed E-state index contributed by atoms with van der Waals surface area (Å²) in [6.07, 6.45) is 10.8. The minimum absolute atomic E-state index is 0.0611. The largest absolute Gasteiger partial charge is 0.458 e. The molecule has 7 nitrogen and oxygen atoms in total. The number of rotatable bonds is 10. The van der Waals surface area contributed by atoms with E-state index >= 15 is 0 Å². The SMILES string of the molecule is C=Ic1ncccc1/C=C/C(=O)NCCCCC1CCN(C(=O)c2cc(C=O)oc2C)CC1. The van der Waals surface area contributed by atoms with E-state index in [1.165, 1.54) is 6.07 Å². The first-order chi connectivity index (χ1) is 16.0. The number of halogens is 1. The second-order valence-electron chi connectivity index (χ2n) is 8.11. The van der Waals surface area contributed by atoms with Crippen LogP contribution in [0.2, 0.25) is 0 Å². The average molecular weight is 563 g/mol. The highest BCUT2D eigenvalue weighted by atomic mass is 127. The number of nitrogens with one attached hydrogen (secondary N) is 1. The van der Waals surface area contributed by atoms with E-state index in [1.54, 1.807) is 19.2 Å². The Bertz CT molecular complexity index is 1020. The van der Waals surface area contributed by atoms with Crippen molar-refractivity contribution in [2.24, 2.45) is 5.92 Å². The van der Waals surface area contributed by atoms with E-state index in [1.807, 2.05) is 23.1 Å². The molecule has 2 amide bonds. The molecule has 0 radical (unpaired) electrons. The number of carbonyl (C=O) groups is 3. The molecule has 176 valence electrons. The van der Waals surface area contributed by atoms with Crippen molar-refractivity contribution in [1.29, 1.82) is 0 Å². The molecule has 3 heterocycles. The fourth-order valence-electron chi connectivity index (χ4n) is 4.00. The minimum Gasteiger partial charge on any atom is -0.458 e. The molecule has 1 fully saturated rings. The third-order valence-corrected chi connectivity index (χ3v) is 7.48. The molecule has 8 heteroatoms. The van der Waals surface area contributed by atoms with Crippen LogP contribution in [0.1, 0.15) is 64.3 Å². The van der Waals surface area contributed by atoms with Crippen LogP contribution in [-0.2, 0) is 4.79 Å². The van der Waals surface area contributed by atoms with Gasteiger partial charge in [0.2, 0.25) is 5.91 Å². The highest BCUT2D eigenvalue weighted by molar-refractivity contribution is 14.2. The van der Waals surface area contributed by atoms with Crippen molar-refractivity contribution < 1.29 is 18.8 Å². The molecular weight excluding hydrogens is 533 g/mol. The minimum atomic E-state index is -0.371. The van der Waals surface area contributed by atoms with Crippen LogP contribution in [0, 0.1) is 16.5 Å². The molecule has 2 aromatic heterocycles. The summed E-state index contributed by atoms with van der Waals surface area (Å²) in [6, 6.07) is 5.34. The predicted molar refractivity (Wildman–Crippen MR) is 137 cm³/mol. The van der Waals surface area contributed by atoms with Gasteiger partial charge in [0.1, 0.15) is 9.46 Å². The molecule has 0 saturated carbocycles. The van der Waals surface area contributed by atoms with Crippen LogP contribution in [0.15, 0.2) is 34.9 Å². The van der Waals surface area contributed by atoms with Crippen LogP contribution in [0.25, 0.3) is 6.08 Å². The van der Waals surface area contributed by atoms with Gasteiger partial charge >= 0.3 is 0 Å². The Balaban J connectivity index is 1.32. The Morgan fingerprint density at radius 2 is 2.12 bits per heavy atom. The van der Waals surface area contributed by atoms with Crippen LogP contribution in [0.4, 0.5) is 0 Å². The van der Waals surface area contributed by atoms with Crippen molar-refractivity contribution >= 4 is 49.4 Å². The lowest BCUT2D eigenvalue weighted by molar-refractivity contribution is -0.116. The molecule has 0 aromatic carbocycles. The van der Waals surface area contributed by atoms with Crippen molar-refractivity contribution in [3.8, 4) is 0 Å². The molecule has 1 aliphatic rings. The van der Waals surface area contributed by atoms with Gasteiger partial charge < -0.3 is 14.6 Å². The summed E-state index contributed by atoms with van der Waals surface area (Å²) in [5.74, 6) is 1.12. The Morgan fingerprint density at radius 3 is 2.82 bits per heavy atom. The lowest BCUT2D eigenvalue weighted by atomic mass is 9.91. The second-order valence-corrected chi connectivity index (χ2v) is 9.89. The first-order valence-electron chi connectivity index (χ1n) is 11.2. The number of hydrogen-bond donors (Lipinski definition) is 1. The van der Waals surface area contributed by atoms with Crippen molar-refractivity contribution in [2.75, 3.05) is 19.6 Å². The van der Waals surface area contributed by atoms with Crippen LogP contribution in [0.5, 0.6) is 0 Å². The molecule has 0 unspecified atom stereocenters. The predicted octanol–water partition coefficient (Wildman–Crippen LogP) is 4.22.